The number of nitrogens with zero attached hydrogens (tertiary/aromatic N) is 2. The summed E-state index contributed by atoms with van der Waals surface area (Å²) in [6, 6.07) is 0. The molecule has 0 aliphatic rings. The van der Waals surface area contributed by atoms with E-state index in [0.29, 0.717) is 6.54 Å². The van der Waals surface area contributed by atoms with Crippen molar-refractivity contribution in [1.29, 1.82) is 0 Å². The van der Waals surface area contributed by atoms with Crippen LogP contribution in [0.5, 0.6) is 0 Å². The first-order valence-corrected chi connectivity index (χ1v) is 2.85. The van der Waals surface area contributed by atoms with Gasteiger partial charge in [-0.25, -0.2) is 0 Å². The van der Waals surface area contributed by atoms with Crippen LogP contribution in [0.15, 0.2) is 5.16 Å². The molecule has 0 spiro atoms. The van der Waals surface area contributed by atoms with Crippen LogP contribution < -0.4 is 5.73 Å². The van der Waals surface area contributed by atoms with Gasteiger partial charge < -0.3 is 10.9 Å². The molecule has 0 amide bonds. The van der Waals surface area contributed by atoms with Crippen LogP contribution in [-0.2, 0) is 0 Å². The highest BCUT2D eigenvalue weighted by atomic mass is 16.4. The monoisotopic (exact) mass is 131 g/mol. The first kappa shape index (κ1) is 8.23. The van der Waals surface area contributed by atoms with Crippen molar-refractivity contribution >= 4 is 5.84 Å². The van der Waals surface area contributed by atoms with E-state index in [1.165, 1.54) is 0 Å². The molecule has 0 heterocycles. The molecule has 0 aromatic rings. The normalized spacial score (nSPS) is 12.6. The molecule has 0 saturated carbocycles. The molecule has 0 aliphatic heterocycles. The molecule has 0 radical (unpaired) electrons. The van der Waals surface area contributed by atoms with E-state index in [9.17, 15) is 0 Å². The molecule has 0 aromatic carbocycles. The van der Waals surface area contributed by atoms with Crippen molar-refractivity contribution in [2.45, 2.75) is 6.92 Å². The van der Waals surface area contributed by atoms with E-state index < -0.39 is 0 Å². The van der Waals surface area contributed by atoms with Crippen LogP contribution in [0.2, 0.25) is 0 Å². The quantitative estimate of drug-likeness (QED) is 0.239. The fourth-order valence-electron chi connectivity index (χ4n) is 0.420. The first-order chi connectivity index (χ1) is 4.20. The summed E-state index contributed by atoms with van der Waals surface area (Å²) in [4.78, 5) is 1.94. The Kier molecular flexibility index (Phi) is 3.79. The molecule has 54 valence electrons. The first-order valence-electron chi connectivity index (χ1n) is 2.85. The maximum absolute atomic E-state index is 8.12. The number of hydrogen-bond acceptors (Lipinski definition) is 3. The van der Waals surface area contributed by atoms with Crippen LogP contribution in [-0.4, -0.2) is 36.1 Å². The van der Waals surface area contributed by atoms with Gasteiger partial charge in [0, 0.05) is 0 Å². The third kappa shape index (κ3) is 3.78. The van der Waals surface area contributed by atoms with Gasteiger partial charge in [-0.2, -0.15) is 0 Å². The molecule has 4 heteroatoms. The van der Waals surface area contributed by atoms with Crippen LogP contribution in [0.25, 0.3) is 0 Å². The lowest BCUT2D eigenvalue weighted by atomic mass is 10.5. The summed E-state index contributed by atoms with van der Waals surface area (Å²) in [6.07, 6.45) is 0. The minimum atomic E-state index is 0.249. The summed E-state index contributed by atoms with van der Waals surface area (Å²) < 4.78 is 0. The van der Waals surface area contributed by atoms with Crippen molar-refractivity contribution in [2.24, 2.45) is 10.9 Å². The smallest absolute Gasteiger partial charge is 0.153 e. The lowest BCUT2D eigenvalue weighted by Crippen LogP contribution is -2.30. The zero-order chi connectivity index (χ0) is 7.28. The molecule has 0 fully saturated rings. The third-order valence-electron chi connectivity index (χ3n) is 1.10. The summed E-state index contributed by atoms with van der Waals surface area (Å²) in [7, 11) is 1.90. The summed E-state index contributed by atoms with van der Waals surface area (Å²) in [5, 5.41) is 10.9. The van der Waals surface area contributed by atoms with Gasteiger partial charge in [0.15, 0.2) is 5.84 Å². The average molecular weight is 131 g/mol. The van der Waals surface area contributed by atoms with E-state index in [-0.39, 0.29) is 5.84 Å². The van der Waals surface area contributed by atoms with Gasteiger partial charge in [0.2, 0.25) is 0 Å². The predicted octanol–water partition coefficient (Wildman–Crippen LogP) is -0.316. The molecule has 0 atom stereocenters. The number of hydrogen-bond donors (Lipinski definition) is 2. The third-order valence-corrected chi connectivity index (χ3v) is 1.10. The zero-order valence-corrected chi connectivity index (χ0v) is 5.83. The summed E-state index contributed by atoms with van der Waals surface area (Å²) in [5.41, 5.74) is 5.21. The van der Waals surface area contributed by atoms with Gasteiger partial charge in [0.25, 0.3) is 0 Å². The molecule has 3 N–H and O–H groups in total. The molecular weight excluding hydrogens is 118 g/mol. The van der Waals surface area contributed by atoms with E-state index in [0.717, 1.165) is 6.54 Å². The second-order valence-electron chi connectivity index (χ2n) is 1.92. The average Bonchev–Trinajstić information content (AvgIpc) is 1.87. The Morgan fingerprint density at radius 2 is 2.33 bits per heavy atom. The molecule has 0 aromatic heterocycles. The van der Waals surface area contributed by atoms with E-state index in [4.69, 9.17) is 10.9 Å². The maximum atomic E-state index is 8.12. The van der Waals surface area contributed by atoms with E-state index in [1.54, 1.807) is 0 Å². The van der Waals surface area contributed by atoms with Gasteiger partial charge in [0.05, 0.1) is 6.54 Å². The molecule has 4 nitrogen and oxygen atoms in total. The lowest BCUT2D eigenvalue weighted by molar-refractivity contribution is 0.311. The van der Waals surface area contributed by atoms with E-state index >= 15 is 0 Å². The molecular formula is C5H13N3O. The molecule has 0 aliphatic carbocycles. The number of oxime groups is 1. The van der Waals surface area contributed by atoms with Crippen LogP contribution in [0.4, 0.5) is 0 Å². The molecule has 0 bridgehead atoms. The Bertz CT molecular complexity index is 102. The molecule has 9 heavy (non-hydrogen) atoms. The Hall–Kier alpha value is -0.770. The van der Waals surface area contributed by atoms with Gasteiger partial charge in [-0.1, -0.05) is 12.1 Å². The van der Waals surface area contributed by atoms with Crippen molar-refractivity contribution in [1.82, 2.24) is 4.90 Å². The summed E-state index contributed by atoms with van der Waals surface area (Å²) in [6.45, 7) is 3.42. The number of amidine groups is 1. The Morgan fingerprint density at radius 1 is 1.78 bits per heavy atom. The van der Waals surface area contributed by atoms with Crippen molar-refractivity contribution in [3.63, 3.8) is 0 Å². The summed E-state index contributed by atoms with van der Waals surface area (Å²) >= 11 is 0. The highest BCUT2D eigenvalue weighted by Crippen LogP contribution is 1.78. The SMILES string of the molecule is CCN(C)C/C(N)=N/O. The van der Waals surface area contributed by atoms with Crippen LogP contribution in [0.1, 0.15) is 6.92 Å². The Morgan fingerprint density at radius 3 is 2.67 bits per heavy atom. The van der Waals surface area contributed by atoms with Crippen LogP contribution in [0, 0.1) is 0 Å². The van der Waals surface area contributed by atoms with Gasteiger partial charge in [-0.15, -0.1) is 0 Å². The van der Waals surface area contributed by atoms with Crippen LogP contribution >= 0.6 is 0 Å². The van der Waals surface area contributed by atoms with Crippen LogP contribution in [0.3, 0.4) is 0 Å². The van der Waals surface area contributed by atoms with Gasteiger partial charge in [0.1, 0.15) is 0 Å². The molecule has 0 saturated heterocycles. The van der Waals surface area contributed by atoms with E-state index in [1.807, 2.05) is 18.9 Å². The molecule has 0 rings (SSSR count). The maximum Gasteiger partial charge on any atom is 0.153 e. The highest BCUT2D eigenvalue weighted by molar-refractivity contribution is 5.81. The summed E-state index contributed by atoms with van der Waals surface area (Å²) in [5.74, 6) is 0.249. The predicted molar refractivity (Wildman–Crippen MR) is 36.6 cm³/mol. The lowest BCUT2D eigenvalue weighted by Gasteiger charge is -2.10. The Balaban J connectivity index is 3.47. The van der Waals surface area contributed by atoms with E-state index in [2.05, 4.69) is 5.16 Å². The van der Waals surface area contributed by atoms with Crippen molar-refractivity contribution in [3.05, 3.63) is 0 Å². The molecule has 0 unspecified atom stereocenters. The topological polar surface area (TPSA) is 61.8 Å². The van der Waals surface area contributed by atoms with Crippen molar-refractivity contribution in [2.75, 3.05) is 20.1 Å². The minimum Gasteiger partial charge on any atom is -0.409 e. The number of likely N-dealkylation sites (N-methyl/N-ethyl adjacent to an activating group) is 1. The number of rotatable bonds is 3. The largest absolute Gasteiger partial charge is 0.409 e. The fraction of sp³-hybridized carbons (Fsp3) is 0.800. The number of nitrogens with two attached hydrogens (primary N) is 1. The van der Waals surface area contributed by atoms with Gasteiger partial charge in [-0.3, -0.25) is 4.90 Å². The second-order valence-corrected chi connectivity index (χ2v) is 1.92. The van der Waals surface area contributed by atoms with Gasteiger partial charge >= 0.3 is 0 Å². The van der Waals surface area contributed by atoms with Gasteiger partial charge in [-0.05, 0) is 13.6 Å². The second kappa shape index (κ2) is 4.14. The minimum absolute atomic E-state index is 0.249. The highest BCUT2D eigenvalue weighted by Gasteiger charge is 1.96. The van der Waals surface area contributed by atoms with Crippen molar-refractivity contribution in [3.8, 4) is 0 Å². The zero-order valence-electron chi connectivity index (χ0n) is 5.83. The standard InChI is InChI=1S/C5H13N3O/c1-3-8(2)4-5(6)7-9/h9H,3-4H2,1-2H3,(H2,6,7). The fourth-order valence-corrected chi connectivity index (χ4v) is 0.420. The van der Waals surface area contributed by atoms with Crippen molar-refractivity contribution < 1.29 is 5.21 Å². The Labute approximate surface area is 54.9 Å².